The van der Waals surface area contributed by atoms with E-state index in [-0.39, 0.29) is 101 Å². The summed E-state index contributed by atoms with van der Waals surface area (Å²) in [7, 11) is 0. The second-order valence-corrected chi connectivity index (χ2v) is 27.5. The molecule has 0 bridgehead atoms. The number of primary amides is 1. The quantitative estimate of drug-likeness (QED) is 0.0112. The van der Waals surface area contributed by atoms with Crippen molar-refractivity contribution in [3.63, 3.8) is 0 Å². The molecule has 1 saturated heterocycles. The number of unbranched alkanes of at least 4 members (excludes halogenated alkanes) is 1. The molecule has 7 rings (SSSR count). The highest BCUT2D eigenvalue weighted by molar-refractivity contribution is 6.30. The van der Waals surface area contributed by atoms with Gasteiger partial charge in [-0.25, -0.2) is 10.2 Å². The maximum Gasteiger partial charge on any atom is 0.330 e. The number of likely N-dealkylation sites (tertiary alicyclic amines) is 1. The first kappa shape index (κ1) is 84.7. The van der Waals surface area contributed by atoms with Crippen LogP contribution in [0.4, 0.5) is 4.79 Å². The van der Waals surface area contributed by atoms with Crippen LogP contribution >= 0.6 is 11.6 Å². The number of nitrogens with zero attached hydrogens (tertiary/aromatic N) is 3. The first-order valence-corrected chi connectivity index (χ1v) is 36.9. The molecule has 1 aromatic heterocycles. The zero-order valence-corrected chi connectivity index (χ0v) is 62.6. The number of halogens is 1. The van der Waals surface area contributed by atoms with Gasteiger partial charge in [-0.1, -0.05) is 110 Å². The van der Waals surface area contributed by atoms with Crippen molar-refractivity contribution in [3.05, 3.63) is 149 Å². The van der Waals surface area contributed by atoms with Crippen molar-refractivity contribution in [1.29, 1.82) is 0 Å². The summed E-state index contributed by atoms with van der Waals surface area (Å²) in [5.41, 5.74) is 23.5. The summed E-state index contributed by atoms with van der Waals surface area (Å²) in [4.78, 5) is 169. The first-order valence-electron chi connectivity index (χ1n) is 36.5. The van der Waals surface area contributed by atoms with Crippen LogP contribution in [0.15, 0.2) is 131 Å². The number of nitrogens with one attached hydrogen (secondary N) is 13. The fourth-order valence-electron chi connectivity index (χ4n) is 12.6. The lowest BCUT2D eigenvalue weighted by Gasteiger charge is -2.30. The number of aliphatic hydroxyl groups is 1. The van der Waals surface area contributed by atoms with Gasteiger partial charge in [-0.05, 0) is 134 Å². The Morgan fingerprint density at radius 2 is 1.06 bits per heavy atom. The van der Waals surface area contributed by atoms with Gasteiger partial charge < -0.3 is 90.5 Å². The van der Waals surface area contributed by atoms with E-state index in [1.807, 2.05) is 61.7 Å². The smallest absolute Gasteiger partial charge is 0.330 e. The number of para-hydroxylation sites is 1. The van der Waals surface area contributed by atoms with Crippen LogP contribution in [0.2, 0.25) is 5.02 Å². The summed E-state index contributed by atoms with van der Waals surface area (Å²) in [6.45, 7) is 9.24. The molecule has 0 radical (unpaired) electrons. The van der Waals surface area contributed by atoms with Crippen molar-refractivity contribution in [2.45, 2.75) is 166 Å². The maximum absolute atomic E-state index is 15.2. The molecule has 5 aromatic carbocycles. The molecule has 32 nitrogen and oxygen atoms in total. The Morgan fingerprint density at radius 3 is 1.67 bits per heavy atom. The topological polar surface area (TPSA) is 494 Å². The van der Waals surface area contributed by atoms with Gasteiger partial charge in [0.1, 0.15) is 60.1 Å². The average molecular weight is 1530 g/mol. The number of guanidine groups is 2. The zero-order valence-electron chi connectivity index (χ0n) is 61.9. The van der Waals surface area contributed by atoms with Crippen molar-refractivity contribution in [3.8, 4) is 5.75 Å². The number of fused-ring (bicyclic) bond motifs is 2. The summed E-state index contributed by atoms with van der Waals surface area (Å²) in [5, 5.41) is 52.6. The molecule has 0 saturated carbocycles. The molecule has 1 fully saturated rings. The second-order valence-electron chi connectivity index (χ2n) is 27.0. The number of phenolic OH excluding ortho intramolecular Hbond substituents is 1. The Morgan fingerprint density at radius 1 is 0.560 bits per heavy atom. The van der Waals surface area contributed by atoms with E-state index in [9.17, 15) is 43.8 Å². The van der Waals surface area contributed by atoms with E-state index in [4.69, 9.17) is 28.8 Å². The third-order valence-electron chi connectivity index (χ3n) is 18.0. The van der Waals surface area contributed by atoms with Crippen LogP contribution in [0.5, 0.6) is 5.75 Å². The van der Waals surface area contributed by atoms with Gasteiger partial charge in [-0.15, -0.1) is 0 Å². The molecule has 21 N–H and O–H groups in total. The fourth-order valence-corrected chi connectivity index (χ4v) is 12.8. The number of aliphatic hydroxyl groups excluding tert-OH is 1. The third-order valence-corrected chi connectivity index (χ3v) is 18.3. The minimum Gasteiger partial charge on any atom is -0.508 e. The second kappa shape index (κ2) is 42.7. The lowest BCUT2D eigenvalue weighted by molar-refractivity contribution is -0.142. The minimum absolute atomic E-state index is 0.0153. The molecule has 33 heteroatoms. The number of carbonyl (C=O) groups excluding carboxylic acids is 11. The van der Waals surface area contributed by atoms with E-state index in [1.54, 1.807) is 68.6 Å². The number of urea groups is 1. The van der Waals surface area contributed by atoms with Crippen molar-refractivity contribution < 1.29 is 63.0 Å². The van der Waals surface area contributed by atoms with E-state index in [0.29, 0.717) is 70.1 Å². The van der Waals surface area contributed by atoms with Gasteiger partial charge >= 0.3 is 6.03 Å². The van der Waals surface area contributed by atoms with Crippen LogP contribution in [0, 0.1) is 5.92 Å². The first-order chi connectivity index (χ1) is 52.2. The normalized spacial score (nSPS) is 14.7. The van der Waals surface area contributed by atoms with E-state index >= 15 is 19.2 Å². The van der Waals surface area contributed by atoms with Gasteiger partial charge in [0.15, 0.2) is 11.9 Å². The SMILES string of the molecule is CCNC(=NCCCC[C@@H](NC(=O)[C@H](Cc1ccc(O)cc1)NC(=O)[C@H](CO)NC(=O)[C@@H](Cc1c[nH]c2ccccc12)NC(=O)[C@@H](Cc1ccc(Cl)cc1)NC(=O)[C@@H](Cc1ccc2ccccc2c1)NC(C)=O)C(=O)N[C@@H](CC(C)C)C(=O)N[C@@H](CCCN=C(N)N)C(=O)N1CCC[C@H]1C(=O)NNC(N)=O)NCC. The summed E-state index contributed by atoms with van der Waals surface area (Å²) in [5.74, 6) is -8.15. The highest BCUT2D eigenvalue weighted by Gasteiger charge is 2.40. The monoisotopic (exact) mass is 1520 g/mol. The van der Waals surface area contributed by atoms with Gasteiger partial charge in [0, 0.05) is 87.5 Å². The molecule has 0 spiro atoms. The number of phenols is 1. The van der Waals surface area contributed by atoms with Crippen molar-refractivity contribution in [2.24, 2.45) is 33.1 Å². The lowest BCUT2D eigenvalue weighted by atomic mass is 9.99. The number of nitrogens with two attached hydrogens (primary N) is 3. The number of aliphatic imine (C=N–C) groups is 2. The van der Waals surface area contributed by atoms with Crippen molar-refractivity contribution >= 4 is 110 Å². The summed E-state index contributed by atoms with van der Waals surface area (Å²) >= 11 is 6.28. The Kier molecular flexibility index (Phi) is 33.2. The van der Waals surface area contributed by atoms with Gasteiger partial charge in [0.25, 0.3) is 5.91 Å². The molecule has 0 aliphatic carbocycles. The predicted octanol–water partition coefficient (Wildman–Crippen LogP) is 1.38. The fraction of sp³-hybridized carbons (Fsp3) is 0.434. The Labute approximate surface area is 637 Å². The molecule has 1 aliphatic heterocycles. The summed E-state index contributed by atoms with van der Waals surface area (Å²) in [6.07, 6.45) is 2.42. The minimum atomic E-state index is -1.83. The number of aromatic amines is 1. The highest BCUT2D eigenvalue weighted by Crippen LogP contribution is 2.24. The number of hydrogen-bond donors (Lipinski definition) is 18. The van der Waals surface area contributed by atoms with Gasteiger partial charge in [-0.3, -0.25) is 63.4 Å². The molecule has 109 heavy (non-hydrogen) atoms. The number of rotatable bonds is 39. The zero-order chi connectivity index (χ0) is 79.1. The highest BCUT2D eigenvalue weighted by atomic mass is 35.5. The molecule has 1 aliphatic rings. The standard InChI is InChI=1S/C76H102ClN19O13/c1-6-81-76(82-7-2)84-33-13-12-20-56(65(100)89-58(36-44(3)4)66(101)88-57(21-14-34-83-74(78)79)73(108)96-35-15-22-64(96)72(107)94-95-75(80)109)87-68(103)60(39-47-26-31-53(99)32-27-47)91-71(106)63(43-97)93-70(105)62(41-51-42-85-55-19-11-10-18-54(51)55)92-69(104)61(38-46-24-29-52(77)30-25-46)90-67(102)59(86-45(5)98)40-48-23-28-49-16-8-9-17-50(49)37-48/h8-11,16-19,23-32,37,42,44,56-64,85,97,99H,6-7,12-15,20-22,33-36,38-41,43H2,1-5H3,(H,86,98)(H,87,103)(H,88,101)(H,89,100)(H,90,102)(H,91,106)(H,92,104)(H,93,105)(H,94,107)(H4,78,79,83)(H3,80,95,109)(H2,81,82,84)/t56-,57+,58+,59-,60+,61-,62-,63+,64+/m1/s1. The number of aromatic nitrogens is 1. The number of aromatic hydroxyl groups is 1. The van der Waals surface area contributed by atoms with Crippen LogP contribution in [-0.2, 0) is 73.6 Å². The lowest BCUT2D eigenvalue weighted by Crippen LogP contribution is -2.61. The van der Waals surface area contributed by atoms with Crippen LogP contribution in [0.25, 0.3) is 21.7 Å². The molecular weight excluding hydrogens is 1420 g/mol. The number of hydrogen-bond acceptors (Lipinski definition) is 15. The van der Waals surface area contributed by atoms with Crippen LogP contribution in [-0.4, -0.2) is 191 Å². The number of benzene rings is 5. The Balaban J connectivity index is 1.17. The van der Waals surface area contributed by atoms with Crippen LogP contribution < -0.4 is 81.2 Å². The van der Waals surface area contributed by atoms with Gasteiger partial charge in [-0.2, -0.15) is 0 Å². The number of amides is 12. The molecule has 0 unspecified atom stereocenters. The molecule has 12 amide bonds. The largest absolute Gasteiger partial charge is 0.508 e. The Bertz CT molecular complexity index is 4160. The van der Waals surface area contributed by atoms with E-state index < -0.39 is 126 Å². The number of carbonyl (C=O) groups is 11. The third kappa shape index (κ3) is 27.0. The van der Waals surface area contributed by atoms with Gasteiger partial charge in [0.2, 0.25) is 53.2 Å². The maximum atomic E-state index is 15.2. The van der Waals surface area contributed by atoms with Crippen LogP contribution in [0.3, 0.4) is 0 Å². The van der Waals surface area contributed by atoms with E-state index in [0.717, 1.165) is 10.8 Å². The van der Waals surface area contributed by atoms with E-state index in [1.165, 1.54) is 36.1 Å². The molecule has 586 valence electrons. The summed E-state index contributed by atoms with van der Waals surface area (Å²) < 4.78 is 0. The molecular formula is C76H102ClN19O13. The van der Waals surface area contributed by atoms with Crippen LogP contribution in [0.1, 0.15) is 108 Å². The summed E-state index contributed by atoms with van der Waals surface area (Å²) in [6, 6.07) is 18.9. The number of H-pyrrole nitrogens is 1. The predicted molar refractivity (Wildman–Crippen MR) is 413 cm³/mol. The van der Waals surface area contributed by atoms with Gasteiger partial charge in [0.05, 0.1) is 6.61 Å². The number of hydrazine groups is 1. The average Bonchev–Trinajstić information content (AvgIpc) is 1.69. The van der Waals surface area contributed by atoms with Crippen molar-refractivity contribution in [2.75, 3.05) is 39.3 Å². The molecule has 9 atom stereocenters. The molecule has 6 aromatic rings. The van der Waals surface area contributed by atoms with E-state index in [2.05, 4.69) is 73.6 Å². The van der Waals surface area contributed by atoms with Crippen molar-refractivity contribution in [1.82, 2.24) is 73.9 Å². The molecule has 2 heterocycles. The Hall–Kier alpha value is -11.5.